The number of hydrogen-bond acceptors (Lipinski definition) is 3. The van der Waals surface area contributed by atoms with Crippen LogP contribution in [0.3, 0.4) is 0 Å². The first-order chi connectivity index (χ1) is 11.1. The Kier molecular flexibility index (Phi) is 9.02. The van der Waals surface area contributed by atoms with Gasteiger partial charge in [0.1, 0.15) is 6.54 Å². The summed E-state index contributed by atoms with van der Waals surface area (Å²) in [5.41, 5.74) is 1.66. The highest BCUT2D eigenvalue weighted by molar-refractivity contribution is 9.10. The van der Waals surface area contributed by atoms with Gasteiger partial charge in [0.2, 0.25) is 5.82 Å². The Morgan fingerprint density at radius 1 is 1.46 bits per heavy atom. The van der Waals surface area contributed by atoms with E-state index in [1.54, 1.807) is 6.08 Å². The second kappa shape index (κ2) is 10.5. The van der Waals surface area contributed by atoms with Gasteiger partial charge in [-0.25, -0.2) is 5.32 Å². The largest absolute Gasteiger partial charge is 1.00 e. The summed E-state index contributed by atoms with van der Waals surface area (Å²) in [5, 5.41) is 10.9. The molecule has 5 nitrogen and oxygen atoms in total. The number of rotatable bonds is 6. The molecule has 0 unspecified atom stereocenters. The second-order valence-electron chi connectivity index (χ2n) is 4.78. The lowest BCUT2D eigenvalue weighted by molar-refractivity contribution is -0.441. The van der Waals surface area contributed by atoms with Gasteiger partial charge in [0.05, 0.1) is 5.75 Å². The van der Waals surface area contributed by atoms with Gasteiger partial charge in [0.15, 0.2) is 5.78 Å². The number of amidine groups is 1. The molecule has 128 valence electrons. The van der Waals surface area contributed by atoms with Crippen LogP contribution in [0.2, 0.25) is 0 Å². The Balaban J connectivity index is 0.00000288. The molecule has 0 spiro atoms. The highest BCUT2D eigenvalue weighted by Crippen LogP contribution is 2.14. The van der Waals surface area contributed by atoms with Crippen LogP contribution in [0.25, 0.3) is 0 Å². The summed E-state index contributed by atoms with van der Waals surface area (Å²) < 4.78 is 0.956. The summed E-state index contributed by atoms with van der Waals surface area (Å²) in [6.07, 6.45) is 1.76. The number of aromatic nitrogens is 2. The molecule has 0 saturated carbocycles. The van der Waals surface area contributed by atoms with Crippen molar-refractivity contribution < 1.29 is 26.8 Å². The predicted molar refractivity (Wildman–Crippen MR) is 98.9 cm³/mol. The molecule has 0 aliphatic rings. The van der Waals surface area contributed by atoms with E-state index in [9.17, 15) is 4.79 Å². The number of anilines is 1. The summed E-state index contributed by atoms with van der Waals surface area (Å²) in [5.74, 6) is 1.11. The SMILES string of the molecule is C=CC[NH+]=C(Nc1cc(C)[nH]n1)SCC(=O)c1ccc(Br)cc1.[Br-]. The molecule has 3 N–H and O–H groups in total. The van der Waals surface area contributed by atoms with Crippen LogP contribution in [-0.4, -0.2) is 33.4 Å². The minimum absolute atomic E-state index is 0. The van der Waals surface area contributed by atoms with Gasteiger partial charge in [0.25, 0.3) is 0 Å². The number of Topliss-reactive ketones (excluding diaryl/α,β-unsaturated/α-hetero) is 1. The topological polar surface area (TPSA) is 71.8 Å². The lowest BCUT2D eigenvalue weighted by Crippen LogP contribution is -3.00. The fourth-order valence-corrected chi connectivity index (χ4v) is 2.82. The molecule has 0 saturated heterocycles. The van der Waals surface area contributed by atoms with E-state index in [0.29, 0.717) is 23.7 Å². The lowest BCUT2D eigenvalue weighted by Gasteiger charge is -2.02. The van der Waals surface area contributed by atoms with Crippen LogP contribution in [0, 0.1) is 6.92 Å². The fraction of sp³-hybridized carbons (Fsp3) is 0.188. The zero-order valence-corrected chi connectivity index (χ0v) is 17.1. The van der Waals surface area contributed by atoms with Crippen LogP contribution in [-0.2, 0) is 0 Å². The fourth-order valence-electron chi connectivity index (χ4n) is 1.75. The molecule has 1 aromatic carbocycles. The van der Waals surface area contributed by atoms with E-state index in [0.717, 1.165) is 15.3 Å². The number of nitrogens with zero attached hydrogens (tertiary/aromatic N) is 1. The van der Waals surface area contributed by atoms with Gasteiger partial charge in [-0.3, -0.25) is 14.9 Å². The zero-order valence-electron chi connectivity index (χ0n) is 13.1. The van der Waals surface area contributed by atoms with Gasteiger partial charge in [-0.1, -0.05) is 40.7 Å². The molecule has 0 radical (unpaired) electrons. The van der Waals surface area contributed by atoms with Crippen molar-refractivity contribution in [2.24, 2.45) is 0 Å². The van der Waals surface area contributed by atoms with Crippen molar-refractivity contribution >= 4 is 44.5 Å². The van der Waals surface area contributed by atoms with Crippen molar-refractivity contribution in [2.45, 2.75) is 6.92 Å². The van der Waals surface area contributed by atoms with Gasteiger partial charge in [-0.15, -0.1) is 5.10 Å². The number of aromatic amines is 1. The third kappa shape index (κ3) is 6.62. The molecule has 0 atom stereocenters. The summed E-state index contributed by atoms with van der Waals surface area (Å²) in [6.45, 7) is 6.22. The summed E-state index contributed by atoms with van der Waals surface area (Å²) in [4.78, 5) is 15.4. The minimum Gasteiger partial charge on any atom is -1.00 e. The number of carbonyl (C=O) groups is 1. The van der Waals surface area contributed by atoms with Crippen molar-refractivity contribution in [3.8, 4) is 0 Å². The van der Waals surface area contributed by atoms with Crippen LogP contribution in [0.15, 0.2) is 47.5 Å². The van der Waals surface area contributed by atoms with Gasteiger partial charge >= 0.3 is 5.17 Å². The van der Waals surface area contributed by atoms with Crippen molar-refractivity contribution in [1.29, 1.82) is 0 Å². The van der Waals surface area contributed by atoms with E-state index in [1.165, 1.54) is 11.8 Å². The first kappa shape index (κ1) is 20.7. The maximum Gasteiger partial charge on any atom is 0.311 e. The molecule has 8 heteroatoms. The monoisotopic (exact) mass is 472 g/mol. The van der Waals surface area contributed by atoms with Gasteiger partial charge in [-0.05, 0) is 30.8 Å². The number of halogens is 2. The van der Waals surface area contributed by atoms with Crippen molar-refractivity contribution in [3.63, 3.8) is 0 Å². The van der Waals surface area contributed by atoms with Gasteiger partial charge < -0.3 is 17.0 Å². The maximum absolute atomic E-state index is 12.2. The molecular formula is C16H18Br2N4OS. The number of carbonyl (C=O) groups excluding carboxylic acids is 1. The molecule has 0 aliphatic carbocycles. The number of benzene rings is 1. The van der Waals surface area contributed by atoms with E-state index < -0.39 is 0 Å². The molecule has 0 bridgehead atoms. The number of hydrogen-bond donors (Lipinski definition) is 3. The highest BCUT2D eigenvalue weighted by atomic mass is 79.9. The van der Waals surface area contributed by atoms with E-state index in [-0.39, 0.29) is 22.8 Å². The molecule has 0 fully saturated rings. The number of aryl methyl sites for hydroxylation is 1. The molecule has 0 aliphatic heterocycles. The van der Waals surface area contributed by atoms with Crippen LogP contribution >= 0.6 is 27.7 Å². The summed E-state index contributed by atoms with van der Waals surface area (Å²) in [6, 6.07) is 9.25. The minimum atomic E-state index is 0. The Morgan fingerprint density at radius 3 is 2.75 bits per heavy atom. The molecule has 24 heavy (non-hydrogen) atoms. The van der Waals surface area contributed by atoms with Crippen molar-refractivity contribution in [3.05, 3.63) is 58.7 Å². The van der Waals surface area contributed by atoms with E-state index in [1.807, 2.05) is 37.3 Å². The van der Waals surface area contributed by atoms with Gasteiger partial charge in [0, 0.05) is 21.8 Å². The van der Waals surface area contributed by atoms with Crippen LogP contribution in [0.4, 0.5) is 5.82 Å². The average Bonchev–Trinajstić information content (AvgIpc) is 2.95. The second-order valence-corrected chi connectivity index (χ2v) is 6.68. The number of H-pyrrole nitrogens is 1. The normalized spacial score (nSPS) is 10.8. The number of nitrogens with one attached hydrogen (secondary N) is 3. The molecular weight excluding hydrogens is 456 g/mol. The summed E-state index contributed by atoms with van der Waals surface area (Å²) in [7, 11) is 0. The Labute approximate surface area is 164 Å². The van der Waals surface area contributed by atoms with Crippen molar-refractivity contribution in [2.75, 3.05) is 17.6 Å². The first-order valence-electron chi connectivity index (χ1n) is 7.01. The van der Waals surface area contributed by atoms with Crippen LogP contribution < -0.4 is 27.3 Å². The molecule has 0 amide bonds. The van der Waals surface area contributed by atoms with E-state index in [2.05, 4.69) is 43.0 Å². The Morgan fingerprint density at radius 2 is 2.17 bits per heavy atom. The van der Waals surface area contributed by atoms with Gasteiger partial charge in [-0.2, -0.15) is 0 Å². The first-order valence-corrected chi connectivity index (χ1v) is 8.78. The standard InChI is InChI=1S/C16H17BrN4OS.BrH/c1-3-8-18-16(19-15-9-11(2)20-21-15)23-10-14(22)12-4-6-13(17)7-5-12;/h3-7,9H,1,8,10H2,2H3,(H2,18,19,20,21);1H. The third-order valence-electron chi connectivity index (χ3n) is 2.87. The van der Waals surface area contributed by atoms with Crippen molar-refractivity contribution in [1.82, 2.24) is 10.2 Å². The molecule has 2 aromatic rings. The number of ketones is 1. The average molecular weight is 474 g/mol. The molecule has 2 rings (SSSR count). The third-order valence-corrected chi connectivity index (χ3v) is 4.34. The summed E-state index contributed by atoms with van der Waals surface area (Å²) >= 11 is 4.77. The Hall–Kier alpha value is -1.38. The van der Waals surface area contributed by atoms with Crippen LogP contribution in [0.5, 0.6) is 0 Å². The van der Waals surface area contributed by atoms with E-state index in [4.69, 9.17) is 0 Å². The lowest BCUT2D eigenvalue weighted by atomic mass is 10.2. The highest BCUT2D eigenvalue weighted by Gasteiger charge is 2.14. The zero-order chi connectivity index (χ0) is 16.7. The number of thioether (sulfide) groups is 1. The van der Waals surface area contributed by atoms with E-state index >= 15 is 0 Å². The predicted octanol–water partition coefficient (Wildman–Crippen LogP) is -0.865. The quantitative estimate of drug-likeness (QED) is 0.221. The smallest absolute Gasteiger partial charge is 0.311 e. The van der Waals surface area contributed by atoms with Crippen LogP contribution in [0.1, 0.15) is 16.1 Å². The molecule has 1 heterocycles. The Bertz CT molecular complexity index is 713. The molecule has 1 aromatic heterocycles. The maximum atomic E-state index is 12.2.